The maximum atomic E-state index is 4.47. The number of hydrazine groups is 1. The minimum absolute atomic E-state index is 0.696. The Bertz CT molecular complexity index is 292. The van der Waals surface area contributed by atoms with Crippen LogP contribution in [0, 0.1) is 12.8 Å². The monoisotopic (exact) mass is 213 g/mol. The summed E-state index contributed by atoms with van der Waals surface area (Å²) in [7, 11) is 3.94. The largest absolute Gasteiger partial charge is 0.295 e. The molecule has 0 fully saturated rings. The molecule has 1 rings (SSSR count). The highest BCUT2D eigenvalue weighted by Gasteiger charge is 2.08. The molecule has 0 aliphatic carbocycles. The van der Waals surface area contributed by atoms with E-state index in [0.717, 1.165) is 17.2 Å². The van der Waals surface area contributed by atoms with Crippen LogP contribution in [0.15, 0.2) is 0 Å². The van der Waals surface area contributed by atoms with Crippen molar-refractivity contribution >= 4 is 16.5 Å². The molecule has 0 amide bonds. The van der Waals surface area contributed by atoms with Gasteiger partial charge in [0.15, 0.2) is 5.13 Å². The van der Waals surface area contributed by atoms with Gasteiger partial charge in [-0.3, -0.25) is 5.43 Å². The third kappa shape index (κ3) is 3.27. The van der Waals surface area contributed by atoms with Crippen molar-refractivity contribution in [3.63, 3.8) is 0 Å². The van der Waals surface area contributed by atoms with Crippen LogP contribution in [0.1, 0.15) is 24.4 Å². The van der Waals surface area contributed by atoms with E-state index in [4.69, 9.17) is 0 Å². The Morgan fingerprint density at radius 1 is 1.43 bits per heavy atom. The lowest BCUT2D eigenvalue weighted by molar-refractivity contribution is 0.494. The summed E-state index contributed by atoms with van der Waals surface area (Å²) in [5, 5.41) is 2.90. The van der Waals surface area contributed by atoms with E-state index in [-0.39, 0.29) is 0 Å². The molecule has 1 heterocycles. The van der Waals surface area contributed by atoms with Crippen molar-refractivity contribution in [1.29, 1.82) is 0 Å². The van der Waals surface area contributed by atoms with Gasteiger partial charge in [0.25, 0.3) is 0 Å². The molecule has 80 valence electrons. The van der Waals surface area contributed by atoms with Gasteiger partial charge in [-0.05, 0) is 19.3 Å². The molecule has 0 saturated carbocycles. The second-order valence-corrected chi connectivity index (χ2v) is 5.22. The van der Waals surface area contributed by atoms with Crippen molar-refractivity contribution in [2.24, 2.45) is 5.92 Å². The van der Waals surface area contributed by atoms with Crippen molar-refractivity contribution in [3.05, 3.63) is 10.6 Å². The zero-order valence-electron chi connectivity index (χ0n) is 9.59. The van der Waals surface area contributed by atoms with Gasteiger partial charge in [0, 0.05) is 19.0 Å². The SMILES string of the molecule is Cc1nc(NN(C)C)sc1CC(C)C. The molecule has 0 bridgehead atoms. The van der Waals surface area contributed by atoms with Crippen LogP contribution in [-0.4, -0.2) is 24.1 Å². The minimum Gasteiger partial charge on any atom is -0.295 e. The van der Waals surface area contributed by atoms with Gasteiger partial charge in [0.2, 0.25) is 0 Å². The maximum Gasteiger partial charge on any atom is 0.197 e. The Hall–Kier alpha value is -0.610. The second-order valence-electron chi connectivity index (χ2n) is 4.13. The zero-order valence-corrected chi connectivity index (χ0v) is 10.4. The summed E-state index contributed by atoms with van der Waals surface area (Å²) in [6, 6.07) is 0. The van der Waals surface area contributed by atoms with Crippen molar-refractivity contribution in [1.82, 2.24) is 9.99 Å². The number of thiazole rings is 1. The smallest absolute Gasteiger partial charge is 0.197 e. The predicted octanol–water partition coefficient (Wildman–Crippen LogP) is 2.54. The van der Waals surface area contributed by atoms with Crippen LogP contribution in [-0.2, 0) is 6.42 Å². The first-order valence-corrected chi connectivity index (χ1v) is 5.71. The quantitative estimate of drug-likeness (QED) is 0.779. The first kappa shape index (κ1) is 11.5. The highest BCUT2D eigenvalue weighted by atomic mass is 32.1. The summed E-state index contributed by atoms with van der Waals surface area (Å²) in [5.41, 5.74) is 4.34. The van der Waals surface area contributed by atoms with Gasteiger partial charge in [0.1, 0.15) is 0 Å². The maximum absolute atomic E-state index is 4.47. The molecule has 0 unspecified atom stereocenters. The Balaban J connectivity index is 2.72. The van der Waals surface area contributed by atoms with E-state index in [2.05, 4.69) is 31.2 Å². The molecule has 1 aromatic heterocycles. The summed E-state index contributed by atoms with van der Waals surface area (Å²) in [6.45, 7) is 6.55. The fourth-order valence-electron chi connectivity index (χ4n) is 1.23. The van der Waals surface area contributed by atoms with Gasteiger partial charge < -0.3 is 0 Å². The van der Waals surface area contributed by atoms with E-state index in [0.29, 0.717) is 5.92 Å². The molecule has 0 radical (unpaired) electrons. The summed E-state index contributed by atoms with van der Waals surface area (Å²) >= 11 is 1.75. The first-order chi connectivity index (χ1) is 6.49. The van der Waals surface area contributed by atoms with Gasteiger partial charge in [-0.15, -0.1) is 11.3 Å². The van der Waals surface area contributed by atoms with Crippen LogP contribution >= 0.6 is 11.3 Å². The van der Waals surface area contributed by atoms with Crippen LogP contribution < -0.4 is 5.43 Å². The Morgan fingerprint density at radius 3 is 2.57 bits per heavy atom. The second kappa shape index (κ2) is 4.75. The summed E-state index contributed by atoms with van der Waals surface area (Å²) in [6.07, 6.45) is 1.12. The van der Waals surface area contributed by atoms with Crippen LogP contribution in [0.3, 0.4) is 0 Å². The standard InChI is InChI=1S/C10H19N3S/c1-7(2)6-9-8(3)11-10(14-9)12-13(4)5/h7H,6H2,1-5H3,(H,11,12). The number of nitrogens with zero attached hydrogens (tertiary/aromatic N) is 2. The van der Waals surface area contributed by atoms with Crippen LogP contribution in [0.25, 0.3) is 0 Å². The van der Waals surface area contributed by atoms with Gasteiger partial charge in [-0.1, -0.05) is 13.8 Å². The molecule has 1 N–H and O–H groups in total. The van der Waals surface area contributed by atoms with Gasteiger partial charge in [-0.2, -0.15) is 0 Å². The molecule has 3 nitrogen and oxygen atoms in total. The molecular weight excluding hydrogens is 194 g/mol. The Labute approximate surface area is 90.1 Å². The minimum atomic E-state index is 0.696. The number of aromatic nitrogens is 1. The molecule has 1 aromatic rings. The zero-order chi connectivity index (χ0) is 10.7. The van der Waals surface area contributed by atoms with E-state index < -0.39 is 0 Å². The molecule has 14 heavy (non-hydrogen) atoms. The molecule has 0 aliphatic heterocycles. The van der Waals surface area contributed by atoms with Gasteiger partial charge in [-0.25, -0.2) is 9.99 Å². The number of hydrogen-bond acceptors (Lipinski definition) is 4. The van der Waals surface area contributed by atoms with Crippen LogP contribution in [0.2, 0.25) is 0 Å². The summed E-state index contributed by atoms with van der Waals surface area (Å²) in [5.74, 6) is 0.696. The van der Waals surface area contributed by atoms with Gasteiger partial charge in [0.05, 0.1) is 5.69 Å². The lowest BCUT2D eigenvalue weighted by Crippen LogP contribution is -2.19. The van der Waals surface area contributed by atoms with E-state index >= 15 is 0 Å². The van der Waals surface area contributed by atoms with Crippen LogP contribution in [0.4, 0.5) is 5.13 Å². The first-order valence-electron chi connectivity index (χ1n) is 4.89. The summed E-state index contributed by atoms with van der Waals surface area (Å²) < 4.78 is 0. The van der Waals surface area contributed by atoms with Crippen LogP contribution in [0.5, 0.6) is 0 Å². The lowest BCUT2D eigenvalue weighted by atomic mass is 10.1. The lowest BCUT2D eigenvalue weighted by Gasteiger charge is -2.09. The van der Waals surface area contributed by atoms with Crippen molar-refractivity contribution in [3.8, 4) is 0 Å². The molecule has 0 aliphatic rings. The number of anilines is 1. The average Bonchev–Trinajstić information content (AvgIpc) is 2.28. The molecule has 0 aromatic carbocycles. The number of aryl methyl sites for hydroxylation is 1. The predicted molar refractivity (Wildman–Crippen MR) is 62.7 cm³/mol. The van der Waals surface area contributed by atoms with E-state index in [1.54, 1.807) is 11.3 Å². The highest BCUT2D eigenvalue weighted by molar-refractivity contribution is 7.15. The van der Waals surface area contributed by atoms with Crippen molar-refractivity contribution < 1.29 is 0 Å². The average molecular weight is 213 g/mol. The van der Waals surface area contributed by atoms with Gasteiger partial charge >= 0.3 is 0 Å². The number of nitrogens with one attached hydrogen (secondary N) is 1. The molecule has 0 saturated heterocycles. The third-order valence-electron chi connectivity index (χ3n) is 1.81. The molecular formula is C10H19N3S. The fourth-order valence-corrected chi connectivity index (χ4v) is 2.48. The third-order valence-corrected chi connectivity index (χ3v) is 2.89. The van der Waals surface area contributed by atoms with E-state index in [1.165, 1.54) is 4.88 Å². The Morgan fingerprint density at radius 2 is 2.07 bits per heavy atom. The molecule has 0 atom stereocenters. The van der Waals surface area contributed by atoms with E-state index in [9.17, 15) is 0 Å². The van der Waals surface area contributed by atoms with Crippen molar-refractivity contribution in [2.75, 3.05) is 19.5 Å². The fraction of sp³-hybridized carbons (Fsp3) is 0.700. The number of rotatable bonds is 4. The Kier molecular flexibility index (Phi) is 3.89. The topological polar surface area (TPSA) is 28.2 Å². The molecule has 0 spiro atoms. The van der Waals surface area contributed by atoms with Crippen molar-refractivity contribution in [2.45, 2.75) is 27.2 Å². The normalized spacial score (nSPS) is 11.4. The summed E-state index contributed by atoms with van der Waals surface area (Å²) in [4.78, 5) is 5.86. The highest BCUT2D eigenvalue weighted by Crippen LogP contribution is 2.24. The van der Waals surface area contributed by atoms with E-state index in [1.807, 2.05) is 19.1 Å². The molecule has 4 heteroatoms. The number of hydrogen-bond donors (Lipinski definition) is 1.